The maximum atomic E-state index is 12.1. The number of amides is 1. The zero-order valence-electron chi connectivity index (χ0n) is 17.5. The van der Waals surface area contributed by atoms with Gasteiger partial charge in [-0.15, -0.1) is 0 Å². The van der Waals surface area contributed by atoms with E-state index in [2.05, 4.69) is 20.3 Å². The van der Waals surface area contributed by atoms with Crippen LogP contribution in [-0.4, -0.2) is 27.4 Å². The minimum Gasteiger partial charge on any atom is -0.323 e. The van der Waals surface area contributed by atoms with Crippen molar-refractivity contribution in [3.8, 4) is 22.4 Å². The molecule has 0 atom stereocenters. The Bertz CT molecular complexity index is 1330. The third-order valence-corrected chi connectivity index (χ3v) is 6.04. The second kappa shape index (κ2) is 9.17. The molecule has 3 heterocycles. The molecule has 0 aliphatic carbocycles. The second-order valence-corrected chi connectivity index (χ2v) is 8.47. The Morgan fingerprint density at radius 3 is 2.55 bits per heavy atom. The van der Waals surface area contributed by atoms with E-state index in [4.69, 9.17) is 23.2 Å². The minimum absolute atomic E-state index is 0.104. The lowest BCUT2D eigenvalue weighted by Gasteiger charge is -2.16. The Labute approximate surface area is 201 Å². The molecular weight excluding hydrogens is 457 g/mol. The van der Waals surface area contributed by atoms with Crippen molar-refractivity contribution >= 4 is 46.4 Å². The van der Waals surface area contributed by atoms with Crippen LogP contribution in [0.2, 0.25) is 10.0 Å². The fraction of sp³-hybridized carbons (Fsp3) is 0.120. The molecule has 2 aromatic heterocycles. The fourth-order valence-electron chi connectivity index (χ4n) is 3.83. The number of carbonyl (C=O) groups excluding carboxylic acids is 1. The van der Waals surface area contributed by atoms with Gasteiger partial charge < -0.3 is 10.2 Å². The van der Waals surface area contributed by atoms with Crippen molar-refractivity contribution in [1.82, 2.24) is 15.0 Å². The predicted octanol–water partition coefficient (Wildman–Crippen LogP) is 6.38. The molecule has 4 aromatic rings. The Balaban J connectivity index is 1.47. The number of halogens is 2. The van der Waals surface area contributed by atoms with Gasteiger partial charge in [0.2, 0.25) is 11.9 Å². The van der Waals surface area contributed by atoms with Gasteiger partial charge in [-0.25, -0.2) is 9.97 Å². The highest BCUT2D eigenvalue weighted by Gasteiger charge is 2.22. The van der Waals surface area contributed by atoms with Crippen LogP contribution >= 0.6 is 23.2 Å². The van der Waals surface area contributed by atoms with Crippen LogP contribution in [-0.2, 0) is 4.79 Å². The lowest BCUT2D eigenvalue weighted by atomic mass is 10.0. The van der Waals surface area contributed by atoms with E-state index in [0.717, 1.165) is 23.2 Å². The van der Waals surface area contributed by atoms with Crippen LogP contribution in [0.5, 0.6) is 0 Å². The van der Waals surface area contributed by atoms with E-state index in [0.29, 0.717) is 45.9 Å². The normalized spacial score (nSPS) is 13.4. The van der Waals surface area contributed by atoms with Crippen LogP contribution in [0.3, 0.4) is 0 Å². The number of nitrogens with one attached hydrogen (secondary N) is 1. The predicted molar refractivity (Wildman–Crippen MR) is 132 cm³/mol. The summed E-state index contributed by atoms with van der Waals surface area (Å²) in [4.78, 5) is 27.0. The molecule has 33 heavy (non-hydrogen) atoms. The molecule has 1 amide bonds. The van der Waals surface area contributed by atoms with Crippen LogP contribution in [0.15, 0.2) is 73.2 Å². The summed E-state index contributed by atoms with van der Waals surface area (Å²) in [6.45, 7) is 0.696. The average Bonchev–Trinajstić information content (AvgIpc) is 3.27. The van der Waals surface area contributed by atoms with Gasteiger partial charge in [-0.05, 0) is 35.7 Å². The van der Waals surface area contributed by atoms with Crippen molar-refractivity contribution in [3.63, 3.8) is 0 Å². The molecule has 0 bridgehead atoms. The van der Waals surface area contributed by atoms with Crippen LogP contribution in [0, 0.1) is 0 Å². The lowest BCUT2D eigenvalue weighted by Crippen LogP contribution is -2.23. The number of benzene rings is 2. The zero-order chi connectivity index (χ0) is 22.8. The molecule has 1 aliphatic heterocycles. The van der Waals surface area contributed by atoms with Crippen LogP contribution in [0.1, 0.15) is 12.8 Å². The van der Waals surface area contributed by atoms with Gasteiger partial charge in [-0.1, -0.05) is 59.6 Å². The number of nitrogens with zero attached hydrogens (tertiary/aromatic N) is 4. The monoisotopic (exact) mass is 475 g/mol. The number of hydrogen-bond donors (Lipinski definition) is 1. The Morgan fingerprint density at radius 2 is 1.76 bits per heavy atom. The van der Waals surface area contributed by atoms with Gasteiger partial charge in [-0.3, -0.25) is 9.78 Å². The molecule has 0 unspecified atom stereocenters. The van der Waals surface area contributed by atoms with Gasteiger partial charge in [0.15, 0.2) is 0 Å². The molecule has 0 spiro atoms. The number of rotatable bonds is 5. The number of carbonyl (C=O) groups is 1. The summed E-state index contributed by atoms with van der Waals surface area (Å²) < 4.78 is 0. The first-order valence-corrected chi connectivity index (χ1v) is 11.2. The molecule has 6 nitrogen and oxygen atoms in total. The Hall–Kier alpha value is -3.48. The first-order valence-electron chi connectivity index (χ1n) is 10.5. The van der Waals surface area contributed by atoms with Gasteiger partial charge >= 0.3 is 0 Å². The van der Waals surface area contributed by atoms with E-state index < -0.39 is 0 Å². The summed E-state index contributed by atoms with van der Waals surface area (Å²) in [6, 6.07) is 17.6. The lowest BCUT2D eigenvalue weighted by molar-refractivity contribution is -0.117. The summed E-state index contributed by atoms with van der Waals surface area (Å²) in [6.07, 6.45) is 6.29. The molecule has 1 fully saturated rings. The van der Waals surface area contributed by atoms with Crippen molar-refractivity contribution in [2.45, 2.75) is 12.8 Å². The second-order valence-electron chi connectivity index (χ2n) is 7.66. The number of aromatic nitrogens is 3. The minimum atomic E-state index is 0.104. The summed E-state index contributed by atoms with van der Waals surface area (Å²) >= 11 is 13.0. The van der Waals surface area contributed by atoms with Gasteiger partial charge in [0.1, 0.15) is 0 Å². The Kier molecular flexibility index (Phi) is 5.94. The van der Waals surface area contributed by atoms with E-state index in [9.17, 15) is 4.79 Å². The smallest absolute Gasteiger partial charge is 0.227 e. The molecule has 0 radical (unpaired) electrons. The highest BCUT2D eigenvalue weighted by molar-refractivity contribution is 6.36. The maximum Gasteiger partial charge on any atom is 0.227 e. The first-order chi connectivity index (χ1) is 16.1. The molecule has 5 rings (SSSR count). The highest BCUT2D eigenvalue weighted by Crippen LogP contribution is 2.35. The van der Waals surface area contributed by atoms with E-state index in [1.54, 1.807) is 23.5 Å². The summed E-state index contributed by atoms with van der Waals surface area (Å²) in [5, 5.41) is 4.09. The van der Waals surface area contributed by atoms with Crippen molar-refractivity contribution in [2.24, 2.45) is 0 Å². The molecule has 1 aliphatic rings. The molecular formula is C25H19Cl2N5O. The summed E-state index contributed by atoms with van der Waals surface area (Å²) in [7, 11) is 0. The first kappa shape index (κ1) is 21.4. The number of anilines is 3. The quantitative estimate of drug-likeness (QED) is 0.362. The third kappa shape index (κ3) is 4.53. The van der Waals surface area contributed by atoms with Crippen LogP contribution in [0.4, 0.5) is 17.3 Å². The van der Waals surface area contributed by atoms with E-state index >= 15 is 0 Å². The summed E-state index contributed by atoms with van der Waals surface area (Å²) in [5.41, 5.74) is 4.73. The zero-order valence-corrected chi connectivity index (χ0v) is 19.0. The molecule has 1 saturated heterocycles. The topological polar surface area (TPSA) is 71.0 Å². The van der Waals surface area contributed by atoms with E-state index in [1.165, 1.54) is 0 Å². The summed E-state index contributed by atoms with van der Waals surface area (Å²) in [5.74, 6) is 0.453. The third-order valence-electron chi connectivity index (χ3n) is 5.44. The Morgan fingerprint density at radius 1 is 0.909 bits per heavy atom. The van der Waals surface area contributed by atoms with Gasteiger partial charge in [-0.2, -0.15) is 0 Å². The van der Waals surface area contributed by atoms with Crippen molar-refractivity contribution in [1.29, 1.82) is 0 Å². The number of pyridine rings is 1. The van der Waals surface area contributed by atoms with E-state index in [1.807, 2.05) is 54.6 Å². The fourth-order valence-corrected chi connectivity index (χ4v) is 4.23. The van der Waals surface area contributed by atoms with Crippen molar-refractivity contribution in [2.75, 3.05) is 16.8 Å². The average molecular weight is 476 g/mol. The molecule has 164 valence electrons. The highest BCUT2D eigenvalue weighted by atomic mass is 35.5. The molecule has 2 aromatic carbocycles. The SMILES string of the molecule is O=C1CCCN1c1cncc(Nc2ncc(Cl)c(-c3cc(-c4ccccc4)ccc3Cl)n2)c1. The van der Waals surface area contributed by atoms with Gasteiger partial charge in [0.05, 0.1) is 45.7 Å². The van der Waals surface area contributed by atoms with Gasteiger partial charge in [0, 0.05) is 18.5 Å². The van der Waals surface area contributed by atoms with Crippen LogP contribution in [0.25, 0.3) is 22.4 Å². The van der Waals surface area contributed by atoms with Crippen molar-refractivity contribution < 1.29 is 4.79 Å². The van der Waals surface area contributed by atoms with E-state index in [-0.39, 0.29) is 5.91 Å². The van der Waals surface area contributed by atoms with Crippen LogP contribution < -0.4 is 10.2 Å². The van der Waals surface area contributed by atoms with Crippen molar-refractivity contribution in [3.05, 3.63) is 83.2 Å². The standard InChI is InChI=1S/C25H19Cl2N5O/c26-21-9-8-17(16-5-2-1-3-6-16)11-20(21)24-22(27)15-29-25(31-24)30-18-12-19(14-28-13-18)32-10-4-7-23(32)33/h1-3,5-6,8-9,11-15H,4,7,10H2,(H,29,30,31). The molecule has 1 N–H and O–H groups in total. The maximum absolute atomic E-state index is 12.1. The molecule has 8 heteroatoms. The van der Waals surface area contributed by atoms with Gasteiger partial charge in [0.25, 0.3) is 0 Å². The number of hydrogen-bond acceptors (Lipinski definition) is 5. The largest absolute Gasteiger partial charge is 0.323 e. The molecule has 0 saturated carbocycles.